The van der Waals surface area contributed by atoms with Crippen LogP contribution in [0.5, 0.6) is 0 Å². The van der Waals surface area contributed by atoms with Gasteiger partial charge in [0.2, 0.25) is 10.0 Å². The third-order valence-electron chi connectivity index (χ3n) is 2.33. The van der Waals surface area contributed by atoms with Crippen molar-refractivity contribution < 1.29 is 18.3 Å². The molecule has 0 fully saturated rings. The lowest BCUT2D eigenvalue weighted by Gasteiger charge is -2.06. The highest BCUT2D eigenvalue weighted by Crippen LogP contribution is 2.22. The van der Waals surface area contributed by atoms with Crippen LogP contribution in [-0.4, -0.2) is 24.5 Å². The average molecular weight is 367 g/mol. The van der Waals surface area contributed by atoms with Crippen LogP contribution < -0.4 is 4.72 Å². The van der Waals surface area contributed by atoms with Gasteiger partial charge in [-0.05, 0) is 18.2 Å². The maximum absolute atomic E-state index is 12.1. The number of nitrogens with zero attached hydrogens (tertiary/aromatic N) is 1. The normalized spacial score (nSPS) is 11.5. The van der Waals surface area contributed by atoms with Crippen LogP contribution in [0.3, 0.4) is 0 Å². The second-order valence-corrected chi connectivity index (χ2v) is 7.44. The van der Waals surface area contributed by atoms with Gasteiger partial charge in [0, 0.05) is 15.4 Å². The molecule has 0 aliphatic heterocycles. The molecule has 112 valence electrons. The number of hydrogen-bond donors (Lipinski definition) is 2. The van der Waals surface area contributed by atoms with Gasteiger partial charge in [0.25, 0.3) is 0 Å². The number of carboxylic acids is 1. The van der Waals surface area contributed by atoms with Crippen molar-refractivity contribution in [3.63, 3.8) is 0 Å². The molecule has 10 heteroatoms. The lowest BCUT2D eigenvalue weighted by atomic mass is 10.4. The van der Waals surface area contributed by atoms with Crippen LogP contribution in [0, 0.1) is 0 Å². The molecule has 21 heavy (non-hydrogen) atoms. The third kappa shape index (κ3) is 4.14. The van der Waals surface area contributed by atoms with Crippen molar-refractivity contribution in [2.24, 2.45) is 0 Å². The average Bonchev–Trinajstić information content (AvgIpc) is 2.84. The first-order valence-electron chi connectivity index (χ1n) is 5.41. The Balaban J connectivity index is 2.15. The summed E-state index contributed by atoms with van der Waals surface area (Å²) in [5.74, 6) is -1.16. The van der Waals surface area contributed by atoms with E-state index in [4.69, 9.17) is 28.3 Å². The molecular formula is C11H8Cl2N2O4S2. The van der Waals surface area contributed by atoms with E-state index in [0.717, 1.165) is 11.3 Å². The Hall–Kier alpha value is -1.19. The van der Waals surface area contributed by atoms with E-state index >= 15 is 0 Å². The van der Waals surface area contributed by atoms with Gasteiger partial charge in [0.05, 0.1) is 11.4 Å². The Labute approximate surface area is 134 Å². The molecule has 1 aromatic carbocycles. The smallest absolute Gasteiger partial charge is 0.355 e. The standard InChI is InChI=1S/C11H8Cl2N2O4S2/c12-6-1-7(13)3-8(2-6)21(18,19)14-4-10-15-9(5-20-10)11(16)17/h1-3,5,14H,4H2,(H,16,17). The van der Waals surface area contributed by atoms with Gasteiger partial charge in [-0.2, -0.15) is 0 Å². The number of hydrogen-bond acceptors (Lipinski definition) is 5. The second-order valence-electron chi connectivity index (χ2n) is 3.86. The zero-order chi connectivity index (χ0) is 15.6. The van der Waals surface area contributed by atoms with Gasteiger partial charge >= 0.3 is 5.97 Å². The summed E-state index contributed by atoms with van der Waals surface area (Å²) < 4.78 is 26.5. The summed E-state index contributed by atoms with van der Waals surface area (Å²) in [5.41, 5.74) is -0.125. The van der Waals surface area contributed by atoms with Crippen LogP contribution in [0.1, 0.15) is 15.5 Å². The molecule has 2 aromatic rings. The number of benzene rings is 1. The monoisotopic (exact) mass is 366 g/mol. The molecule has 0 radical (unpaired) electrons. The number of sulfonamides is 1. The van der Waals surface area contributed by atoms with Crippen LogP contribution in [0.4, 0.5) is 0 Å². The van der Waals surface area contributed by atoms with Gasteiger partial charge < -0.3 is 5.11 Å². The van der Waals surface area contributed by atoms with E-state index in [0.29, 0.717) is 5.01 Å². The minimum Gasteiger partial charge on any atom is -0.476 e. The summed E-state index contributed by atoms with van der Waals surface area (Å²) in [6.45, 7) is -0.121. The van der Waals surface area contributed by atoms with Crippen molar-refractivity contribution >= 4 is 50.5 Å². The highest BCUT2D eigenvalue weighted by Gasteiger charge is 2.17. The lowest BCUT2D eigenvalue weighted by Crippen LogP contribution is -2.23. The van der Waals surface area contributed by atoms with Crippen molar-refractivity contribution in [1.82, 2.24) is 9.71 Å². The third-order valence-corrected chi connectivity index (χ3v) is 5.00. The lowest BCUT2D eigenvalue weighted by molar-refractivity contribution is 0.0691. The van der Waals surface area contributed by atoms with Crippen molar-refractivity contribution in [3.05, 3.63) is 44.3 Å². The number of halogens is 2. The minimum atomic E-state index is -3.81. The number of carboxylic acid groups (broad SMARTS) is 1. The van der Waals surface area contributed by atoms with Crippen molar-refractivity contribution in [1.29, 1.82) is 0 Å². The van der Waals surface area contributed by atoms with E-state index in [1.54, 1.807) is 0 Å². The molecule has 2 N–H and O–H groups in total. The minimum absolute atomic E-state index is 0.0741. The molecule has 0 unspecified atom stereocenters. The molecule has 0 spiro atoms. The molecule has 0 aliphatic rings. The molecule has 2 rings (SSSR count). The topological polar surface area (TPSA) is 96.4 Å². The van der Waals surface area contributed by atoms with Crippen molar-refractivity contribution in [2.75, 3.05) is 0 Å². The SMILES string of the molecule is O=C(O)c1csc(CNS(=O)(=O)c2cc(Cl)cc(Cl)c2)n1. The molecule has 0 amide bonds. The Kier molecular flexibility index (Phi) is 4.84. The highest BCUT2D eigenvalue weighted by molar-refractivity contribution is 7.89. The Morgan fingerprint density at radius 2 is 1.90 bits per heavy atom. The molecule has 0 saturated carbocycles. The van der Waals surface area contributed by atoms with Crippen LogP contribution in [0.25, 0.3) is 0 Å². The molecule has 6 nitrogen and oxygen atoms in total. The number of aromatic nitrogens is 1. The Bertz CT molecular complexity index is 769. The van der Waals surface area contributed by atoms with Crippen LogP contribution in [-0.2, 0) is 16.6 Å². The van der Waals surface area contributed by atoms with E-state index in [2.05, 4.69) is 9.71 Å². The van der Waals surface area contributed by atoms with Crippen molar-refractivity contribution in [3.8, 4) is 0 Å². The molecule has 1 aromatic heterocycles. The van der Waals surface area contributed by atoms with Gasteiger partial charge in [0.1, 0.15) is 5.01 Å². The summed E-state index contributed by atoms with van der Waals surface area (Å²) in [4.78, 5) is 14.4. The molecular weight excluding hydrogens is 359 g/mol. The van der Waals surface area contributed by atoms with Gasteiger partial charge in [-0.1, -0.05) is 23.2 Å². The Morgan fingerprint density at radius 1 is 1.29 bits per heavy atom. The maximum atomic E-state index is 12.1. The fourth-order valence-electron chi connectivity index (χ4n) is 1.41. The molecule has 1 heterocycles. The zero-order valence-corrected chi connectivity index (χ0v) is 13.4. The second kappa shape index (κ2) is 6.29. The van der Waals surface area contributed by atoms with E-state index in [1.807, 2.05) is 0 Å². The fraction of sp³-hybridized carbons (Fsp3) is 0.0909. The quantitative estimate of drug-likeness (QED) is 0.847. The van der Waals surface area contributed by atoms with Gasteiger partial charge in [0.15, 0.2) is 5.69 Å². The van der Waals surface area contributed by atoms with Crippen molar-refractivity contribution in [2.45, 2.75) is 11.4 Å². The summed E-state index contributed by atoms with van der Waals surface area (Å²) >= 11 is 12.6. The first kappa shape index (κ1) is 16.2. The molecule has 0 aliphatic carbocycles. The highest BCUT2D eigenvalue weighted by atomic mass is 35.5. The fourth-order valence-corrected chi connectivity index (χ4v) is 3.93. The predicted octanol–water partition coefficient (Wildman–Crippen LogP) is 2.63. The number of carbonyl (C=O) groups is 1. The van der Waals surface area contributed by atoms with Gasteiger partial charge in [-0.3, -0.25) is 0 Å². The van der Waals surface area contributed by atoms with E-state index in [9.17, 15) is 13.2 Å². The van der Waals surface area contributed by atoms with Crippen LogP contribution >= 0.6 is 34.5 Å². The summed E-state index contributed by atoms with van der Waals surface area (Å²) in [5, 5.41) is 10.8. The van der Waals surface area contributed by atoms with E-state index in [1.165, 1.54) is 23.6 Å². The van der Waals surface area contributed by atoms with Gasteiger partial charge in [-0.15, -0.1) is 11.3 Å². The molecule has 0 atom stereocenters. The number of nitrogens with one attached hydrogen (secondary N) is 1. The van der Waals surface area contributed by atoms with Crippen LogP contribution in [0.15, 0.2) is 28.5 Å². The maximum Gasteiger partial charge on any atom is 0.355 e. The summed E-state index contributed by atoms with van der Waals surface area (Å²) in [7, 11) is -3.81. The number of thiazole rings is 1. The zero-order valence-electron chi connectivity index (χ0n) is 10.2. The Morgan fingerprint density at radius 3 is 2.43 bits per heavy atom. The van der Waals surface area contributed by atoms with Gasteiger partial charge in [-0.25, -0.2) is 22.9 Å². The van der Waals surface area contributed by atoms with E-state index in [-0.39, 0.29) is 27.2 Å². The largest absolute Gasteiger partial charge is 0.476 e. The predicted molar refractivity (Wildman–Crippen MR) is 79.6 cm³/mol. The molecule has 0 saturated heterocycles. The number of rotatable bonds is 5. The first-order valence-corrected chi connectivity index (χ1v) is 8.53. The summed E-state index contributed by atoms with van der Waals surface area (Å²) in [6, 6.07) is 3.95. The number of aromatic carboxylic acids is 1. The first-order chi connectivity index (χ1) is 9.78. The van der Waals surface area contributed by atoms with Crippen LogP contribution in [0.2, 0.25) is 10.0 Å². The van der Waals surface area contributed by atoms with E-state index < -0.39 is 16.0 Å². The summed E-state index contributed by atoms with van der Waals surface area (Å²) in [6.07, 6.45) is 0. The molecule has 0 bridgehead atoms.